The minimum Gasteiger partial charge on any atom is -0.337 e. The van der Waals surface area contributed by atoms with E-state index in [-0.39, 0.29) is 5.91 Å². The predicted molar refractivity (Wildman–Crippen MR) is 108 cm³/mol. The highest BCUT2D eigenvalue weighted by Crippen LogP contribution is 2.16. The molecule has 3 heterocycles. The van der Waals surface area contributed by atoms with E-state index in [2.05, 4.69) is 35.1 Å². The summed E-state index contributed by atoms with van der Waals surface area (Å²) < 4.78 is 0. The maximum atomic E-state index is 12.6. The number of rotatable bonds is 4. The molecule has 1 N–H and O–H groups in total. The van der Waals surface area contributed by atoms with Crippen LogP contribution in [0, 0.1) is 6.92 Å². The highest BCUT2D eigenvalue weighted by Gasteiger charge is 2.22. The summed E-state index contributed by atoms with van der Waals surface area (Å²) in [5.41, 5.74) is 1.86. The van der Waals surface area contributed by atoms with Gasteiger partial charge >= 0.3 is 0 Å². The maximum absolute atomic E-state index is 12.6. The second-order valence-corrected chi connectivity index (χ2v) is 6.54. The van der Waals surface area contributed by atoms with Gasteiger partial charge in [0.15, 0.2) is 0 Å². The molecule has 2 aromatic heterocycles. The molecule has 28 heavy (non-hydrogen) atoms. The highest BCUT2D eigenvalue weighted by molar-refractivity contribution is 6.03. The Bertz CT molecular complexity index is 941. The molecule has 0 bridgehead atoms. The van der Waals surface area contributed by atoms with Crippen molar-refractivity contribution in [3.05, 3.63) is 66.2 Å². The Morgan fingerprint density at radius 3 is 2.21 bits per heavy atom. The standard InChI is InChI=1S/C20H21N7O/c1-15-14-17(18(28)24-16-6-3-2-4-7-16)25-20(23-15)27-12-10-26(11-13-27)19-21-8-5-9-22-19/h2-9,14H,10-13H2,1H3,(H,24,28). The summed E-state index contributed by atoms with van der Waals surface area (Å²) in [5.74, 6) is 1.07. The summed E-state index contributed by atoms with van der Waals surface area (Å²) in [5, 5.41) is 2.87. The van der Waals surface area contributed by atoms with Crippen LogP contribution in [-0.2, 0) is 0 Å². The van der Waals surface area contributed by atoms with Crippen LogP contribution in [0.4, 0.5) is 17.6 Å². The lowest BCUT2D eigenvalue weighted by molar-refractivity contribution is 0.102. The molecule has 1 aliphatic heterocycles. The van der Waals surface area contributed by atoms with Crippen LogP contribution in [0.1, 0.15) is 16.2 Å². The minimum absolute atomic E-state index is 0.241. The number of piperazine rings is 1. The lowest BCUT2D eigenvalue weighted by atomic mass is 10.2. The Morgan fingerprint density at radius 1 is 0.893 bits per heavy atom. The Hall–Kier alpha value is -3.55. The van der Waals surface area contributed by atoms with Crippen molar-refractivity contribution in [3.8, 4) is 0 Å². The minimum atomic E-state index is -0.241. The highest BCUT2D eigenvalue weighted by atomic mass is 16.1. The number of benzene rings is 1. The normalized spacial score (nSPS) is 14.0. The van der Waals surface area contributed by atoms with Gasteiger partial charge in [0.1, 0.15) is 5.69 Å². The van der Waals surface area contributed by atoms with Gasteiger partial charge < -0.3 is 15.1 Å². The summed E-state index contributed by atoms with van der Waals surface area (Å²) in [6, 6.07) is 12.9. The first kappa shape index (κ1) is 17.8. The number of para-hydroxylation sites is 1. The first-order valence-electron chi connectivity index (χ1n) is 9.18. The molecule has 0 radical (unpaired) electrons. The Labute approximate surface area is 163 Å². The molecule has 8 nitrogen and oxygen atoms in total. The van der Waals surface area contributed by atoms with Crippen molar-refractivity contribution in [3.63, 3.8) is 0 Å². The number of hydrogen-bond donors (Lipinski definition) is 1. The number of nitrogens with one attached hydrogen (secondary N) is 1. The molecule has 0 aliphatic carbocycles. The largest absolute Gasteiger partial charge is 0.337 e. The van der Waals surface area contributed by atoms with Crippen molar-refractivity contribution in [2.24, 2.45) is 0 Å². The third-order valence-corrected chi connectivity index (χ3v) is 4.50. The SMILES string of the molecule is Cc1cc(C(=O)Nc2ccccc2)nc(N2CCN(c3ncccn3)CC2)n1. The lowest BCUT2D eigenvalue weighted by Gasteiger charge is -2.34. The number of aryl methyl sites for hydroxylation is 1. The van der Waals surface area contributed by atoms with Crippen LogP contribution in [0.2, 0.25) is 0 Å². The maximum Gasteiger partial charge on any atom is 0.274 e. The summed E-state index contributed by atoms with van der Waals surface area (Å²) >= 11 is 0. The molecule has 1 aliphatic rings. The quantitative estimate of drug-likeness (QED) is 0.748. The molecule has 0 atom stereocenters. The van der Waals surface area contributed by atoms with Gasteiger partial charge in [-0.25, -0.2) is 19.9 Å². The molecule has 3 aromatic rings. The van der Waals surface area contributed by atoms with E-state index in [1.165, 1.54) is 0 Å². The fourth-order valence-electron chi connectivity index (χ4n) is 3.09. The topological polar surface area (TPSA) is 87.1 Å². The van der Waals surface area contributed by atoms with Crippen molar-refractivity contribution in [1.29, 1.82) is 0 Å². The van der Waals surface area contributed by atoms with Crippen molar-refractivity contribution >= 4 is 23.5 Å². The molecular weight excluding hydrogens is 354 g/mol. The van der Waals surface area contributed by atoms with Gasteiger partial charge in [-0.3, -0.25) is 4.79 Å². The van der Waals surface area contributed by atoms with Crippen LogP contribution < -0.4 is 15.1 Å². The molecule has 4 rings (SSSR count). The van der Waals surface area contributed by atoms with Crippen LogP contribution in [0.5, 0.6) is 0 Å². The zero-order valence-corrected chi connectivity index (χ0v) is 15.6. The van der Waals surface area contributed by atoms with E-state index in [1.54, 1.807) is 18.5 Å². The van der Waals surface area contributed by atoms with E-state index in [0.29, 0.717) is 11.6 Å². The summed E-state index contributed by atoms with van der Waals surface area (Å²) in [7, 11) is 0. The Kier molecular flexibility index (Phi) is 5.09. The number of anilines is 3. The van der Waals surface area contributed by atoms with E-state index >= 15 is 0 Å². The number of hydrogen-bond acceptors (Lipinski definition) is 7. The van der Waals surface area contributed by atoms with Gasteiger partial charge in [-0.2, -0.15) is 0 Å². The fourth-order valence-corrected chi connectivity index (χ4v) is 3.09. The molecule has 0 saturated carbocycles. The molecular formula is C20H21N7O. The second kappa shape index (κ2) is 7.99. The molecule has 8 heteroatoms. The van der Waals surface area contributed by atoms with Crippen molar-refractivity contribution < 1.29 is 4.79 Å². The number of amides is 1. The second-order valence-electron chi connectivity index (χ2n) is 6.54. The van der Waals surface area contributed by atoms with Gasteiger partial charge in [-0.15, -0.1) is 0 Å². The average molecular weight is 375 g/mol. The number of carbonyl (C=O) groups excluding carboxylic acids is 1. The monoisotopic (exact) mass is 375 g/mol. The zero-order valence-electron chi connectivity index (χ0n) is 15.6. The van der Waals surface area contributed by atoms with Crippen molar-refractivity contribution in [2.75, 3.05) is 41.3 Å². The zero-order chi connectivity index (χ0) is 19.3. The molecule has 142 valence electrons. The van der Waals surface area contributed by atoms with Crippen LogP contribution in [0.25, 0.3) is 0 Å². The Morgan fingerprint density at radius 2 is 1.54 bits per heavy atom. The summed E-state index contributed by atoms with van der Waals surface area (Å²) in [6.45, 7) is 4.89. The van der Waals surface area contributed by atoms with Gasteiger partial charge in [0, 0.05) is 50.0 Å². The first-order chi connectivity index (χ1) is 13.7. The van der Waals surface area contributed by atoms with Gasteiger partial charge in [0.25, 0.3) is 5.91 Å². The van der Waals surface area contributed by atoms with Crippen LogP contribution >= 0.6 is 0 Å². The number of aromatic nitrogens is 4. The number of carbonyl (C=O) groups is 1. The fraction of sp³-hybridized carbons (Fsp3) is 0.250. The Balaban J connectivity index is 1.46. The third-order valence-electron chi connectivity index (χ3n) is 4.50. The van der Waals surface area contributed by atoms with E-state index in [9.17, 15) is 4.79 Å². The summed E-state index contributed by atoms with van der Waals surface area (Å²) in [4.78, 5) is 34.5. The molecule has 0 unspecified atom stereocenters. The summed E-state index contributed by atoms with van der Waals surface area (Å²) in [6.07, 6.45) is 3.49. The smallest absolute Gasteiger partial charge is 0.274 e. The third kappa shape index (κ3) is 4.06. The van der Waals surface area contributed by atoms with Gasteiger partial charge in [0.2, 0.25) is 11.9 Å². The van der Waals surface area contributed by atoms with E-state index in [4.69, 9.17) is 0 Å². The van der Waals surface area contributed by atoms with Gasteiger partial charge in [-0.1, -0.05) is 18.2 Å². The molecule has 1 aromatic carbocycles. The average Bonchev–Trinajstić information content (AvgIpc) is 2.75. The van der Waals surface area contributed by atoms with Crippen LogP contribution in [-0.4, -0.2) is 52.0 Å². The van der Waals surface area contributed by atoms with E-state index < -0.39 is 0 Å². The van der Waals surface area contributed by atoms with Gasteiger partial charge in [-0.05, 0) is 31.2 Å². The molecule has 1 fully saturated rings. The van der Waals surface area contributed by atoms with Crippen LogP contribution in [0.15, 0.2) is 54.9 Å². The van der Waals surface area contributed by atoms with Crippen molar-refractivity contribution in [1.82, 2.24) is 19.9 Å². The molecule has 1 amide bonds. The molecule has 0 spiro atoms. The van der Waals surface area contributed by atoms with Gasteiger partial charge in [0.05, 0.1) is 0 Å². The van der Waals surface area contributed by atoms with E-state index in [1.807, 2.05) is 43.3 Å². The van der Waals surface area contributed by atoms with Crippen molar-refractivity contribution in [2.45, 2.75) is 6.92 Å². The predicted octanol–water partition coefficient (Wildman–Crippen LogP) is 2.15. The lowest BCUT2D eigenvalue weighted by Crippen LogP contribution is -2.47. The number of nitrogens with zero attached hydrogens (tertiary/aromatic N) is 6. The molecule has 1 saturated heterocycles. The first-order valence-corrected chi connectivity index (χ1v) is 9.18. The van der Waals surface area contributed by atoms with E-state index in [0.717, 1.165) is 43.5 Å². The van der Waals surface area contributed by atoms with Crippen LogP contribution in [0.3, 0.4) is 0 Å².